The second kappa shape index (κ2) is 3.32. The van der Waals surface area contributed by atoms with E-state index in [-0.39, 0.29) is 0 Å². The molecule has 1 unspecified atom stereocenters. The standard InChI is InChI=1S/C11H14ClN/c1-7-5-9-3-4-13-8(2)10(9)6-11(7)12/h5-6,8,13H,3-4H2,1-2H3. The van der Waals surface area contributed by atoms with Crippen molar-refractivity contribution in [2.45, 2.75) is 26.3 Å². The van der Waals surface area contributed by atoms with Crippen molar-refractivity contribution in [3.8, 4) is 0 Å². The second-order valence-corrected chi connectivity index (χ2v) is 4.13. The minimum Gasteiger partial charge on any atom is -0.310 e. The minimum atomic E-state index is 0.446. The van der Waals surface area contributed by atoms with E-state index in [1.165, 1.54) is 16.7 Å². The molecule has 1 aliphatic rings. The maximum Gasteiger partial charge on any atom is 0.0438 e. The van der Waals surface area contributed by atoms with Crippen LogP contribution in [0.1, 0.15) is 29.7 Å². The lowest BCUT2D eigenvalue weighted by molar-refractivity contribution is 0.541. The van der Waals surface area contributed by atoms with Crippen LogP contribution >= 0.6 is 11.6 Å². The molecule has 0 bridgehead atoms. The van der Waals surface area contributed by atoms with E-state index in [1.54, 1.807) is 0 Å². The first-order valence-electron chi connectivity index (χ1n) is 4.71. The van der Waals surface area contributed by atoms with Crippen molar-refractivity contribution in [3.63, 3.8) is 0 Å². The molecule has 1 aliphatic heterocycles. The van der Waals surface area contributed by atoms with Gasteiger partial charge in [-0.05, 0) is 49.6 Å². The van der Waals surface area contributed by atoms with Crippen LogP contribution in [0.3, 0.4) is 0 Å². The molecule has 1 nitrogen and oxygen atoms in total. The average Bonchev–Trinajstić information content (AvgIpc) is 2.09. The van der Waals surface area contributed by atoms with Crippen LogP contribution in [0.5, 0.6) is 0 Å². The molecule has 2 rings (SSSR count). The highest BCUT2D eigenvalue weighted by atomic mass is 35.5. The van der Waals surface area contributed by atoms with Gasteiger partial charge in [0.05, 0.1) is 0 Å². The van der Waals surface area contributed by atoms with Crippen LogP contribution in [0.15, 0.2) is 12.1 Å². The van der Waals surface area contributed by atoms with E-state index in [0.29, 0.717) is 6.04 Å². The Labute approximate surface area is 84.1 Å². The van der Waals surface area contributed by atoms with E-state index in [2.05, 4.69) is 31.3 Å². The molecule has 1 N–H and O–H groups in total. The SMILES string of the molecule is Cc1cc2c(cc1Cl)C(C)NCC2. The third-order valence-electron chi connectivity index (χ3n) is 2.73. The molecular weight excluding hydrogens is 182 g/mol. The predicted molar refractivity (Wildman–Crippen MR) is 56.3 cm³/mol. The van der Waals surface area contributed by atoms with Gasteiger partial charge in [0.2, 0.25) is 0 Å². The van der Waals surface area contributed by atoms with Crippen LogP contribution < -0.4 is 5.32 Å². The number of nitrogens with one attached hydrogen (secondary N) is 1. The molecule has 70 valence electrons. The maximum atomic E-state index is 6.08. The monoisotopic (exact) mass is 195 g/mol. The Kier molecular flexibility index (Phi) is 2.31. The predicted octanol–water partition coefficient (Wildman–Crippen LogP) is 2.86. The topological polar surface area (TPSA) is 12.0 Å². The lowest BCUT2D eigenvalue weighted by atomic mass is 9.94. The third-order valence-corrected chi connectivity index (χ3v) is 3.14. The molecule has 0 spiro atoms. The summed E-state index contributed by atoms with van der Waals surface area (Å²) in [5.41, 5.74) is 4.00. The van der Waals surface area contributed by atoms with Gasteiger partial charge in [-0.2, -0.15) is 0 Å². The minimum absolute atomic E-state index is 0.446. The normalized spacial score (nSPS) is 21.3. The van der Waals surface area contributed by atoms with E-state index < -0.39 is 0 Å². The van der Waals surface area contributed by atoms with Crippen molar-refractivity contribution >= 4 is 11.6 Å². The molecule has 0 aliphatic carbocycles. The van der Waals surface area contributed by atoms with Crippen LogP contribution in [0.25, 0.3) is 0 Å². The molecule has 1 atom stereocenters. The Bertz CT molecular complexity index is 333. The highest BCUT2D eigenvalue weighted by Gasteiger charge is 2.16. The molecule has 1 heterocycles. The zero-order chi connectivity index (χ0) is 9.42. The summed E-state index contributed by atoms with van der Waals surface area (Å²) in [7, 11) is 0. The van der Waals surface area contributed by atoms with E-state index in [4.69, 9.17) is 11.6 Å². The van der Waals surface area contributed by atoms with Gasteiger partial charge in [-0.15, -0.1) is 0 Å². The van der Waals surface area contributed by atoms with Crippen LogP contribution in [0.4, 0.5) is 0 Å². The Balaban J connectivity index is 2.52. The highest BCUT2D eigenvalue weighted by Crippen LogP contribution is 2.28. The van der Waals surface area contributed by atoms with Gasteiger partial charge >= 0.3 is 0 Å². The summed E-state index contributed by atoms with van der Waals surface area (Å²) in [5.74, 6) is 0. The van der Waals surface area contributed by atoms with Gasteiger partial charge in [0.15, 0.2) is 0 Å². The summed E-state index contributed by atoms with van der Waals surface area (Å²) in [4.78, 5) is 0. The molecule has 0 saturated carbocycles. The zero-order valence-electron chi connectivity index (χ0n) is 8.02. The largest absolute Gasteiger partial charge is 0.310 e. The molecule has 0 fully saturated rings. The van der Waals surface area contributed by atoms with Gasteiger partial charge in [0.1, 0.15) is 0 Å². The smallest absolute Gasteiger partial charge is 0.0438 e. The van der Waals surface area contributed by atoms with Gasteiger partial charge < -0.3 is 5.32 Å². The summed E-state index contributed by atoms with van der Waals surface area (Å²) >= 11 is 6.08. The Morgan fingerprint density at radius 2 is 2.23 bits per heavy atom. The number of rotatable bonds is 0. The van der Waals surface area contributed by atoms with E-state index >= 15 is 0 Å². The molecular formula is C11H14ClN. The van der Waals surface area contributed by atoms with Crippen LogP contribution in [0, 0.1) is 6.92 Å². The van der Waals surface area contributed by atoms with E-state index in [1.807, 2.05) is 0 Å². The van der Waals surface area contributed by atoms with Gasteiger partial charge in [0, 0.05) is 11.1 Å². The quantitative estimate of drug-likeness (QED) is 0.672. The number of benzene rings is 1. The van der Waals surface area contributed by atoms with Gasteiger partial charge in [-0.1, -0.05) is 17.7 Å². The first kappa shape index (κ1) is 9.04. The van der Waals surface area contributed by atoms with Crippen LogP contribution in [0.2, 0.25) is 5.02 Å². The summed E-state index contributed by atoms with van der Waals surface area (Å²) < 4.78 is 0. The van der Waals surface area contributed by atoms with Crippen LogP contribution in [-0.4, -0.2) is 6.54 Å². The van der Waals surface area contributed by atoms with Crippen molar-refractivity contribution in [1.82, 2.24) is 5.32 Å². The Morgan fingerprint density at radius 1 is 1.46 bits per heavy atom. The van der Waals surface area contributed by atoms with E-state index in [0.717, 1.165) is 18.0 Å². The van der Waals surface area contributed by atoms with Crippen molar-refractivity contribution in [1.29, 1.82) is 0 Å². The molecule has 0 amide bonds. The molecule has 0 saturated heterocycles. The zero-order valence-corrected chi connectivity index (χ0v) is 8.78. The molecule has 1 aromatic rings. The average molecular weight is 196 g/mol. The summed E-state index contributed by atoms with van der Waals surface area (Å²) in [6.45, 7) is 5.33. The fourth-order valence-electron chi connectivity index (χ4n) is 1.91. The number of hydrogen-bond acceptors (Lipinski definition) is 1. The van der Waals surface area contributed by atoms with Crippen molar-refractivity contribution in [2.75, 3.05) is 6.54 Å². The third kappa shape index (κ3) is 1.59. The fourth-order valence-corrected chi connectivity index (χ4v) is 2.08. The summed E-state index contributed by atoms with van der Waals surface area (Å²) in [6, 6.07) is 4.76. The van der Waals surface area contributed by atoms with Crippen molar-refractivity contribution in [2.24, 2.45) is 0 Å². The van der Waals surface area contributed by atoms with Crippen molar-refractivity contribution in [3.05, 3.63) is 33.8 Å². The number of fused-ring (bicyclic) bond motifs is 1. The van der Waals surface area contributed by atoms with Gasteiger partial charge in [0.25, 0.3) is 0 Å². The summed E-state index contributed by atoms with van der Waals surface area (Å²) in [5, 5.41) is 4.31. The number of hydrogen-bond donors (Lipinski definition) is 1. The van der Waals surface area contributed by atoms with Crippen molar-refractivity contribution < 1.29 is 0 Å². The lowest BCUT2D eigenvalue weighted by Crippen LogP contribution is -2.27. The maximum absolute atomic E-state index is 6.08. The first-order chi connectivity index (χ1) is 6.18. The van der Waals surface area contributed by atoms with E-state index in [9.17, 15) is 0 Å². The Hall–Kier alpha value is -0.530. The lowest BCUT2D eigenvalue weighted by Gasteiger charge is -2.24. The first-order valence-corrected chi connectivity index (χ1v) is 5.08. The fraction of sp³-hybridized carbons (Fsp3) is 0.455. The van der Waals surface area contributed by atoms with Gasteiger partial charge in [-0.25, -0.2) is 0 Å². The van der Waals surface area contributed by atoms with Gasteiger partial charge in [-0.3, -0.25) is 0 Å². The highest BCUT2D eigenvalue weighted by molar-refractivity contribution is 6.31. The Morgan fingerprint density at radius 3 is 3.00 bits per heavy atom. The number of halogens is 1. The summed E-state index contributed by atoms with van der Waals surface area (Å²) in [6.07, 6.45) is 1.12. The molecule has 13 heavy (non-hydrogen) atoms. The molecule has 1 aromatic carbocycles. The molecule has 2 heteroatoms. The number of aryl methyl sites for hydroxylation is 1. The van der Waals surface area contributed by atoms with Crippen LogP contribution in [-0.2, 0) is 6.42 Å². The second-order valence-electron chi connectivity index (χ2n) is 3.73. The molecule has 0 aromatic heterocycles. The molecule has 0 radical (unpaired) electrons.